The first kappa shape index (κ1) is 14.5. The molecule has 1 atom stereocenters. The summed E-state index contributed by atoms with van der Waals surface area (Å²) < 4.78 is 0. The van der Waals surface area contributed by atoms with Crippen LogP contribution in [0.1, 0.15) is 49.1 Å². The minimum atomic E-state index is -0.600. The maximum atomic E-state index is 12.6. The molecule has 3 nitrogen and oxygen atoms in total. The highest BCUT2D eigenvalue weighted by molar-refractivity contribution is 7.80. The highest BCUT2D eigenvalue weighted by Crippen LogP contribution is 2.38. The average molecular weight is 302 g/mol. The molecule has 3 N–H and O–H groups in total. The predicted octanol–water partition coefficient (Wildman–Crippen LogP) is 2.68. The Morgan fingerprint density at radius 1 is 1.29 bits per heavy atom. The van der Waals surface area contributed by atoms with E-state index in [4.69, 9.17) is 18.0 Å². The van der Waals surface area contributed by atoms with Gasteiger partial charge in [0.2, 0.25) is 5.91 Å². The second kappa shape index (κ2) is 5.76. The van der Waals surface area contributed by atoms with E-state index in [0.717, 1.165) is 32.1 Å². The molecule has 21 heavy (non-hydrogen) atoms. The molecule has 1 fully saturated rings. The topological polar surface area (TPSA) is 55.1 Å². The molecule has 2 aliphatic rings. The van der Waals surface area contributed by atoms with Crippen LogP contribution in [0.4, 0.5) is 0 Å². The Labute approximate surface area is 131 Å². The van der Waals surface area contributed by atoms with Crippen LogP contribution >= 0.6 is 12.2 Å². The lowest BCUT2D eigenvalue weighted by molar-refractivity contribution is -0.128. The minimum Gasteiger partial charge on any atom is -0.392 e. The molecule has 0 saturated heterocycles. The minimum absolute atomic E-state index is 0.0408. The fraction of sp³-hybridized carbons (Fsp3) is 0.529. The molecule has 1 amide bonds. The number of carbonyl (C=O) groups is 1. The molecule has 1 aromatic rings. The van der Waals surface area contributed by atoms with E-state index in [1.165, 1.54) is 17.5 Å². The van der Waals surface area contributed by atoms with Gasteiger partial charge in [-0.2, -0.15) is 0 Å². The van der Waals surface area contributed by atoms with Crippen molar-refractivity contribution in [1.29, 1.82) is 0 Å². The van der Waals surface area contributed by atoms with Crippen LogP contribution in [0.5, 0.6) is 0 Å². The second-order valence-electron chi connectivity index (χ2n) is 6.32. The van der Waals surface area contributed by atoms with Gasteiger partial charge >= 0.3 is 0 Å². The Hall–Kier alpha value is -1.42. The first-order valence-corrected chi connectivity index (χ1v) is 8.20. The smallest absolute Gasteiger partial charge is 0.233 e. The van der Waals surface area contributed by atoms with Gasteiger partial charge in [0.05, 0.1) is 10.4 Å². The Kier molecular flexibility index (Phi) is 3.98. The van der Waals surface area contributed by atoms with E-state index in [2.05, 4.69) is 29.6 Å². The van der Waals surface area contributed by atoms with Gasteiger partial charge in [-0.3, -0.25) is 4.79 Å². The van der Waals surface area contributed by atoms with E-state index in [9.17, 15) is 4.79 Å². The zero-order valence-electron chi connectivity index (χ0n) is 12.2. The van der Waals surface area contributed by atoms with Crippen molar-refractivity contribution in [3.8, 4) is 0 Å². The summed E-state index contributed by atoms with van der Waals surface area (Å²) in [6, 6.07) is 8.44. The largest absolute Gasteiger partial charge is 0.392 e. The van der Waals surface area contributed by atoms with Crippen molar-refractivity contribution in [3.63, 3.8) is 0 Å². The van der Waals surface area contributed by atoms with Gasteiger partial charge in [-0.15, -0.1) is 0 Å². The summed E-state index contributed by atoms with van der Waals surface area (Å²) in [5, 5.41) is 3.11. The number of rotatable bonds is 4. The number of nitrogens with one attached hydrogen (secondary N) is 1. The number of hydrogen-bond acceptors (Lipinski definition) is 2. The third-order valence-corrected chi connectivity index (χ3v) is 5.47. The molecule has 1 aromatic carbocycles. The molecule has 0 aliphatic heterocycles. The fourth-order valence-corrected chi connectivity index (χ4v) is 3.97. The molecule has 4 heteroatoms. The van der Waals surface area contributed by atoms with Gasteiger partial charge in [0.15, 0.2) is 0 Å². The molecule has 3 rings (SSSR count). The first-order chi connectivity index (χ1) is 10.1. The van der Waals surface area contributed by atoms with Crippen LogP contribution in [0.2, 0.25) is 0 Å². The van der Waals surface area contributed by atoms with Crippen LogP contribution in [-0.4, -0.2) is 17.4 Å². The number of nitrogens with two attached hydrogens (primary N) is 1. The van der Waals surface area contributed by atoms with Crippen molar-refractivity contribution in [1.82, 2.24) is 5.32 Å². The van der Waals surface area contributed by atoms with E-state index >= 15 is 0 Å². The van der Waals surface area contributed by atoms with E-state index in [0.29, 0.717) is 17.5 Å². The summed E-state index contributed by atoms with van der Waals surface area (Å²) in [5.74, 6) is 0.483. The lowest BCUT2D eigenvalue weighted by Crippen LogP contribution is -2.51. The van der Waals surface area contributed by atoms with Crippen molar-refractivity contribution < 1.29 is 4.79 Å². The average Bonchev–Trinajstić information content (AvgIpc) is 2.48. The number of fused-ring (bicyclic) bond motifs is 1. The second-order valence-corrected chi connectivity index (χ2v) is 6.76. The maximum Gasteiger partial charge on any atom is 0.233 e. The summed E-state index contributed by atoms with van der Waals surface area (Å²) in [4.78, 5) is 13.0. The number of hydrogen-bond donors (Lipinski definition) is 2. The zero-order valence-corrected chi connectivity index (χ0v) is 13.0. The highest BCUT2D eigenvalue weighted by Gasteiger charge is 2.42. The SMILES string of the molecule is NC(=S)C1(C(=O)NCC2Cc3ccccc32)CCCCC1. The van der Waals surface area contributed by atoms with Crippen molar-refractivity contribution in [3.05, 3.63) is 35.4 Å². The van der Waals surface area contributed by atoms with Gasteiger partial charge in [-0.25, -0.2) is 0 Å². The predicted molar refractivity (Wildman–Crippen MR) is 88.2 cm³/mol. The van der Waals surface area contributed by atoms with Crippen LogP contribution in [0.25, 0.3) is 0 Å². The molecule has 0 aromatic heterocycles. The molecule has 2 aliphatic carbocycles. The molecule has 0 heterocycles. The molecule has 0 bridgehead atoms. The van der Waals surface area contributed by atoms with Crippen LogP contribution < -0.4 is 11.1 Å². The van der Waals surface area contributed by atoms with Gasteiger partial charge in [0, 0.05) is 12.5 Å². The van der Waals surface area contributed by atoms with Gasteiger partial charge < -0.3 is 11.1 Å². The van der Waals surface area contributed by atoms with Crippen molar-refractivity contribution in [2.24, 2.45) is 11.1 Å². The lowest BCUT2D eigenvalue weighted by Gasteiger charge is -2.36. The van der Waals surface area contributed by atoms with E-state index in [-0.39, 0.29) is 5.91 Å². The zero-order chi connectivity index (χ0) is 14.9. The van der Waals surface area contributed by atoms with E-state index in [1.54, 1.807) is 0 Å². The fourth-order valence-electron chi connectivity index (χ4n) is 3.67. The summed E-state index contributed by atoms with van der Waals surface area (Å²) in [5.41, 5.74) is 8.07. The Balaban J connectivity index is 1.63. The van der Waals surface area contributed by atoms with Crippen molar-refractivity contribution in [2.45, 2.75) is 44.4 Å². The molecular weight excluding hydrogens is 280 g/mol. The normalized spacial score (nSPS) is 22.8. The van der Waals surface area contributed by atoms with E-state index in [1.807, 2.05) is 0 Å². The number of carbonyl (C=O) groups excluding carboxylic acids is 1. The summed E-state index contributed by atoms with van der Waals surface area (Å²) in [6.45, 7) is 0.695. The number of amides is 1. The molecule has 112 valence electrons. The lowest BCUT2D eigenvalue weighted by atomic mass is 9.72. The third-order valence-electron chi connectivity index (χ3n) is 5.08. The summed E-state index contributed by atoms with van der Waals surface area (Å²) in [6.07, 6.45) is 5.91. The van der Waals surface area contributed by atoms with Crippen LogP contribution in [0, 0.1) is 5.41 Å². The molecule has 0 spiro atoms. The molecule has 1 saturated carbocycles. The van der Waals surface area contributed by atoms with Gasteiger partial charge in [0.1, 0.15) is 0 Å². The molecule has 0 radical (unpaired) electrons. The van der Waals surface area contributed by atoms with Crippen LogP contribution in [0.15, 0.2) is 24.3 Å². The van der Waals surface area contributed by atoms with Gasteiger partial charge in [-0.1, -0.05) is 55.7 Å². The van der Waals surface area contributed by atoms with Crippen LogP contribution in [-0.2, 0) is 11.2 Å². The van der Waals surface area contributed by atoms with Gasteiger partial charge in [0.25, 0.3) is 0 Å². The first-order valence-electron chi connectivity index (χ1n) is 7.79. The standard InChI is InChI=1S/C17H22N2OS/c18-15(21)17(8-4-1-5-9-17)16(20)19-11-13-10-12-6-2-3-7-14(12)13/h2-3,6-7,13H,1,4-5,8-11H2,(H2,18,21)(H,19,20). The Morgan fingerprint density at radius 2 is 2.00 bits per heavy atom. The number of thiocarbonyl (C=S) groups is 1. The van der Waals surface area contributed by atoms with Crippen molar-refractivity contribution >= 4 is 23.1 Å². The Bertz CT molecular complexity index is 564. The van der Waals surface area contributed by atoms with Crippen molar-refractivity contribution in [2.75, 3.05) is 6.54 Å². The quantitative estimate of drug-likeness (QED) is 0.841. The van der Waals surface area contributed by atoms with Gasteiger partial charge in [-0.05, 0) is 30.4 Å². The Morgan fingerprint density at radius 3 is 2.67 bits per heavy atom. The molecule has 1 unspecified atom stereocenters. The number of benzene rings is 1. The van der Waals surface area contributed by atoms with E-state index < -0.39 is 5.41 Å². The third kappa shape index (κ3) is 2.57. The molecular formula is C17H22N2OS. The van der Waals surface area contributed by atoms with Crippen LogP contribution in [0.3, 0.4) is 0 Å². The highest BCUT2D eigenvalue weighted by atomic mass is 32.1. The maximum absolute atomic E-state index is 12.6. The monoisotopic (exact) mass is 302 g/mol. The summed E-state index contributed by atoms with van der Waals surface area (Å²) >= 11 is 5.21. The summed E-state index contributed by atoms with van der Waals surface area (Å²) in [7, 11) is 0.